The monoisotopic (exact) mass is 285 g/mol. The topological polar surface area (TPSA) is 63.2 Å². The molecule has 0 fully saturated rings. The fourth-order valence-corrected chi connectivity index (χ4v) is 1.94. The van der Waals surface area contributed by atoms with Crippen molar-refractivity contribution in [1.82, 2.24) is 10.3 Å². The van der Waals surface area contributed by atoms with Gasteiger partial charge >= 0.3 is 0 Å². The van der Waals surface area contributed by atoms with Gasteiger partial charge in [0.2, 0.25) is 0 Å². The lowest BCUT2D eigenvalue weighted by Crippen LogP contribution is -2.26. The normalized spacial score (nSPS) is 10.0. The molecule has 1 heterocycles. The van der Waals surface area contributed by atoms with Crippen LogP contribution in [0.15, 0.2) is 42.5 Å². The average molecular weight is 285 g/mol. The molecule has 0 atom stereocenters. The van der Waals surface area contributed by atoms with Crippen LogP contribution in [0.2, 0.25) is 0 Å². The van der Waals surface area contributed by atoms with Gasteiger partial charge in [0.05, 0.1) is 7.11 Å². The van der Waals surface area contributed by atoms with E-state index in [1.165, 1.54) is 0 Å². The van der Waals surface area contributed by atoms with Crippen LogP contribution in [-0.2, 0) is 6.42 Å². The van der Waals surface area contributed by atoms with Gasteiger partial charge in [0.1, 0.15) is 17.3 Å². The number of nitrogens with zero attached hydrogens (tertiary/aromatic N) is 1. The minimum absolute atomic E-state index is 0.171. The number of aromatic nitrogens is 1. The first kappa shape index (κ1) is 14.8. The van der Waals surface area contributed by atoms with Crippen molar-refractivity contribution < 1.29 is 9.53 Å². The molecule has 1 aromatic carbocycles. The lowest BCUT2D eigenvalue weighted by molar-refractivity contribution is 0.0949. The fraction of sp³-hybridized carbons (Fsp3) is 0.250. The third-order valence-electron chi connectivity index (χ3n) is 3.07. The van der Waals surface area contributed by atoms with Gasteiger partial charge in [0.25, 0.3) is 5.91 Å². The van der Waals surface area contributed by atoms with Crippen LogP contribution in [0.5, 0.6) is 5.75 Å². The Hall–Kier alpha value is -2.56. The highest BCUT2D eigenvalue weighted by Gasteiger charge is 2.07. The average Bonchev–Trinajstić information content (AvgIpc) is 2.55. The van der Waals surface area contributed by atoms with Gasteiger partial charge in [-0.2, -0.15) is 0 Å². The third-order valence-corrected chi connectivity index (χ3v) is 3.07. The summed E-state index contributed by atoms with van der Waals surface area (Å²) in [6.07, 6.45) is 0.745. The molecule has 0 aliphatic carbocycles. The Bertz CT molecular complexity index is 614. The Morgan fingerprint density at radius 3 is 2.81 bits per heavy atom. The standard InChI is InChI=1S/C16H19N3O2/c1-17-15-8-4-7-14(19-15)16(20)18-10-9-12-5-3-6-13(11-12)21-2/h3-8,11H,9-10H2,1-2H3,(H,17,19)(H,18,20). The molecule has 2 rings (SSSR count). The molecule has 5 nitrogen and oxygen atoms in total. The molecule has 2 aromatic rings. The van der Waals surface area contributed by atoms with Crippen molar-refractivity contribution in [2.24, 2.45) is 0 Å². The van der Waals surface area contributed by atoms with Crippen molar-refractivity contribution in [2.75, 3.05) is 26.0 Å². The molecule has 1 amide bonds. The molecule has 0 bridgehead atoms. The van der Waals surface area contributed by atoms with Gasteiger partial charge in [-0.3, -0.25) is 4.79 Å². The number of nitrogens with one attached hydrogen (secondary N) is 2. The Labute approximate surface area is 124 Å². The molecule has 1 aromatic heterocycles. The van der Waals surface area contributed by atoms with Crippen LogP contribution >= 0.6 is 0 Å². The summed E-state index contributed by atoms with van der Waals surface area (Å²) in [5.41, 5.74) is 1.53. The summed E-state index contributed by atoms with van der Waals surface area (Å²) in [4.78, 5) is 16.2. The molecule has 0 radical (unpaired) electrons. The van der Waals surface area contributed by atoms with E-state index in [0.717, 1.165) is 17.7 Å². The van der Waals surface area contributed by atoms with E-state index in [1.54, 1.807) is 26.3 Å². The van der Waals surface area contributed by atoms with Gasteiger partial charge in [-0.25, -0.2) is 4.98 Å². The SMILES string of the molecule is CNc1cccc(C(=O)NCCc2cccc(OC)c2)n1. The van der Waals surface area contributed by atoms with E-state index in [-0.39, 0.29) is 5.91 Å². The highest BCUT2D eigenvalue weighted by Crippen LogP contribution is 2.12. The summed E-state index contributed by atoms with van der Waals surface area (Å²) >= 11 is 0. The molecular weight excluding hydrogens is 266 g/mol. The molecule has 5 heteroatoms. The zero-order chi connectivity index (χ0) is 15.1. The first-order chi connectivity index (χ1) is 10.2. The number of hydrogen-bond donors (Lipinski definition) is 2. The van der Waals surface area contributed by atoms with E-state index in [9.17, 15) is 4.79 Å². The zero-order valence-corrected chi connectivity index (χ0v) is 12.2. The van der Waals surface area contributed by atoms with Crippen LogP contribution in [0, 0.1) is 0 Å². The molecule has 21 heavy (non-hydrogen) atoms. The van der Waals surface area contributed by atoms with Crippen LogP contribution < -0.4 is 15.4 Å². The van der Waals surface area contributed by atoms with Gasteiger partial charge in [0, 0.05) is 13.6 Å². The molecular formula is C16H19N3O2. The van der Waals surface area contributed by atoms with Gasteiger partial charge in [0.15, 0.2) is 0 Å². The second-order valence-electron chi connectivity index (χ2n) is 4.52. The molecule has 2 N–H and O–H groups in total. The highest BCUT2D eigenvalue weighted by molar-refractivity contribution is 5.92. The van der Waals surface area contributed by atoms with Gasteiger partial charge in [-0.05, 0) is 36.2 Å². The first-order valence-electron chi connectivity index (χ1n) is 6.79. The van der Waals surface area contributed by atoms with Crippen LogP contribution in [0.4, 0.5) is 5.82 Å². The van der Waals surface area contributed by atoms with Crippen molar-refractivity contribution in [3.63, 3.8) is 0 Å². The van der Waals surface area contributed by atoms with Gasteiger partial charge in [-0.15, -0.1) is 0 Å². The first-order valence-corrected chi connectivity index (χ1v) is 6.79. The molecule has 0 unspecified atom stereocenters. The van der Waals surface area contributed by atoms with Crippen LogP contribution in [-0.4, -0.2) is 31.6 Å². The largest absolute Gasteiger partial charge is 0.497 e. The quantitative estimate of drug-likeness (QED) is 0.853. The van der Waals surface area contributed by atoms with E-state index in [1.807, 2.05) is 30.3 Å². The predicted octanol–water partition coefficient (Wildman–Crippen LogP) is 2.10. The van der Waals surface area contributed by atoms with E-state index in [4.69, 9.17) is 4.74 Å². The summed E-state index contributed by atoms with van der Waals surface area (Å²) in [6, 6.07) is 13.1. The van der Waals surface area contributed by atoms with E-state index < -0.39 is 0 Å². The van der Waals surface area contributed by atoms with Crippen molar-refractivity contribution in [3.05, 3.63) is 53.7 Å². The Morgan fingerprint density at radius 1 is 1.24 bits per heavy atom. The number of methoxy groups -OCH3 is 1. The van der Waals surface area contributed by atoms with Crippen LogP contribution in [0.25, 0.3) is 0 Å². The predicted molar refractivity (Wildman–Crippen MR) is 82.8 cm³/mol. The molecule has 110 valence electrons. The fourth-order valence-electron chi connectivity index (χ4n) is 1.94. The number of hydrogen-bond acceptors (Lipinski definition) is 4. The summed E-state index contributed by atoms with van der Waals surface area (Å²) in [6.45, 7) is 0.553. The number of benzene rings is 1. The lowest BCUT2D eigenvalue weighted by atomic mass is 10.1. The molecule has 0 saturated carbocycles. The maximum absolute atomic E-state index is 12.0. The maximum atomic E-state index is 12.0. The highest BCUT2D eigenvalue weighted by atomic mass is 16.5. The third kappa shape index (κ3) is 4.21. The number of ether oxygens (including phenoxy) is 1. The number of carbonyl (C=O) groups is 1. The summed E-state index contributed by atoms with van der Waals surface area (Å²) in [7, 11) is 3.41. The van der Waals surface area contributed by atoms with Gasteiger partial charge in [-0.1, -0.05) is 18.2 Å². The zero-order valence-electron chi connectivity index (χ0n) is 12.2. The number of anilines is 1. The Morgan fingerprint density at radius 2 is 2.05 bits per heavy atom. The van der Waals surface area contributed by atoms with Crippen molar-refractivity contribution in [1.29, 1.82) is 0 Å². The van der Waals surface area contributed by atoms with E-state index in [0.29, 0.717) is 18.1 Å². The Balaban J connectivity index is 1.88. The van der Waals surface area contributed by atoms with Crippen molar-refractivity contribution in [2.45, 2.75) is 6.42 Å². The molecule has 0 aliphatic heterocycles. The number of carbonyl (C=O) groups excluding carboxylic acids is 1. The van der Waals surface area contributed by atoms with E-state index >= 15 is 0 Å². The van der Waals surface area contributed by atoms with Gasteiger partial charge < -0.3 is 15.4 Å². The molecule has 0 saturated heterocycles. The smallest absolute Gasteiger partial charge is 0.269 e. The van der Waals surface area contributed by atoms with Crippen LogP contribution in [0.1, 0.15) is 16.1 Å². The summed E-state index contributed by atoms with van der Waals surface area (Å²) in [5, 5.41) is 5.78. The maximum Gasteiger partial charge on any atom is 0.269 e. The number of pyridine rings is 1. The molecule has 0 spiro atoms. The summed E-state index contributed by atoms with van der Waals surface area (Å²) in [5.74, 6) is 1.33. The Kier molecular flexibility index (Phi) is 5.15. The van der Waals surface area contributed by atoms with E-state index in [2.05, 4.69) is 15.6 Å². The second kappa shape index (κ2) is 7.28. The second-order valence-corrected chi connectivity index (χ2v) is 4.52. The number of amides is 1. The van der Waals surface area contributed by atoms with Crippen molar-refractivity contribution in [3.8, 4) is 5.75 Å². The van der Waals surface area contributed by atoms with Crippen LogP contribution in [0.3, 0.4) is 0 Å². The minimum Gasteiger partial charge on any atom is -0.497 e. The lowest BCUT2D eigenvalue weighted by Gasteiger charge is -2.07. The number of rotatable bonds is 6. The van der Waals surface area contributed by atoms with Crippen molar-refractivity contribution >= 4 is 11.7 Å². The minimum atomic E-state index is -0.171. The molecule has 0 aliphatic rings. The summed E-state index contributed by atoms with van der Waals surface area (Å²) < 4.78 is 5.17.